The lowest BCUT2D eigenvalue weighted by molar-refractivity contribution is 0.0978. The molecule has 0 unspecified atom stereocenters. The molecule has 0 aromatic heterocycles. The largest absolute Gasteiger partial charge is 0.457 e. The van der Waals surface area contributed by atoms with Crippen LogP contribution in [-0.4, -0.2) is 14.3 Å². The zero-order valence-electron chi connectivity index (χ0n) is 13.7. The highest BCUT2D eigenvalue weighted by Gasteiger charge is 2.22. The van der Waals surface area contributed by atoms with E-state index in [1.165, 1.54) is 24.3 Å². The minimum absolute atomic E-state index is 0.0320. The normalized spacial score (nSPS) is 11.0. The number of hydrogen-bond donors (Lipinski definition) is 1. The number of rotatable bonds is 5. The van der Waals surface area contributed by atoms with Gasteiger partial charge in [0.15, 0.2) is 0 Å². The van der Waals surface area contributed by atoms with E-state index in [2.05, 4.69) is 15.9 Å². The van der Waals surface area contributed by atoms with Gasteiger partial charge in [-0.2, -0.15) is 0 Å². The summed E-state index contributed by atoms with van der Waals surface area (Å²) < 4.78 is 46.6. The van der Waals surface area contributed by atoms with Crippen LogP contribution >= 0.6 is 15.9 Å². The van der Waals surface area contributed by atoms with Crippen LogP contribution in [0.4, 0.5) is 4.39 Å². The first-order chi connectivity index (χ1) is 12.8. The van der Waals surface area contributed by atoms with E-state index in [1.54, 1.807) is 36.4 Å². The van der Waals surface area contributed by atoms with Gasteiger partial charge >= 0.3 is 0 Å². The van der Waals surface area contributed by atoms with Crippen LogP contribution in [0.15, 0.2) is 82.2 Å². The van der Waals surface area contributed by atoms with E-state index in [0.29, 0.717) is 10.2 Å². The molecule has 1 amide bonds. The summed E-state index contributed by atoms with van der Waals surface area (Å²) >= 11 is 3.18. The van der Waals surface area contributed by atoms with E-state index in [9.17, 15) is 17.6 Å². The third kappa shape index (κ3) is 4.72. The minimum Gasteiger partial charge on any atom is -0.457 e. The van der Waals surface area contributed by atoms with Crippen molar-refractivity contribution in [3.05, 3.63) is 88.6 Å². The maximum atomic E-state index is 13.7. The van der Waals surface area contributed by atoms with E-state index in [1.807, 2.05) is 4.72 Å². The van der Waals surface area contributed by atoms with Crippen LogP contribution in [0.3, 0.4) is 0 Å². The van der Waals surface area contributed by atoms with Gasteiger partial charge in [-0.3, -0.25) is 4.79 Å². The minimum atomic E-state index is -4.14. The van der Waals surface area contributed by atoms with Crippen LogP contribution in [0.2, 0.25) is 0 Å². The van der Waals surface area contributed by atoms with Gasteiger partial charge in [0, 0.05) is 4.47 Å². The topological polar surface area (TPSA) is 72.5 Å². The fraction of sp³-hybridized carbons (Fsp3) is 0. The monoisotopic (exact) mass is 449 g/mol. The summed E-state index contributed by atoms with van der Waals surface area (Å²) in [6.07, 6.45) is 0. The zero-order valence-corrected chi connectivity index (χ0v) is 16.1. The molecule has 3 aromatic carbocycles. The van der Waals surface area contributed by atoms with Crippen molar-refractivity contribution in [1.29, 1.82) is 0 Å². The van der Waals surface area contributed by atoms with Crippen LogP contribution in [0, 0.1) is 5.82 Å². The summed E-state index contributed by atoms with van der Waals surface area (Å²) in [7, 11) is -4.14. The lowest BCUT2D eigenvalue weighted by atomic mass is 10.2. The molecule has 0 aliphatic heterocycles. The lowest BCUT2D eigenvalue weighted by Crippen LogP contribution is -2.31. The van der Waals surface area contributed by atoms with Crippen molar-refractivity contribution in [3.8, 4) is 11.5 Å². The summed E-state index contributed by atoms with van der Waals surface area (Å²) in [6.45, 7) is 0. The molecular weight excluding hydrogens is 437 g/mol. The van der Waals surface area contributed by atoms with Crippen LogP contribution in [-0.2, 0) is 10.0 Å². The average Bonchev–Trinajstić information content (AvgIpc) is 2.63. The molecule has 0 saturated heterocycles. The Morgan fingerprint density at radius 2 is 1.70 bits per heavy atom. The molecule has 0 spiro atoms. The van der Waals surface area contributed by atoms with E-state index in [-0.39, 0.29) is 16.2 Å². The summed E-state index contributed by atoms with van der Waals surface area (Å²) in [5.74, 6) is -1.24. The lowest BCUT2D eigenvalue weighted by Gasteiger charge is -2.12. The van der Waals surface area contributed by atoms with Gasteiger partial charge in [0.05, 0.1) is 10.5 Å². The average molecular weight is 450 g/mol. The molecule has 27 heavy (non-hydrogen) atoms. The molecule has 0 heterocycles. The van der Waals surface area contributed by atoms with Crippen molar-refractivity contribution in [1.82, 2.24) is 4.72 Å². The first kappa shape index (κ1) is 19.1. The van der Waals surface area contributed by atoms with Gasteiger partial charge in [0.25, 0.3) is 15.9 Å². The molecule has 0 radical (unpaired) electrons. The number of halogens is 2. The Balaban J connectivity index is 1.91. The quantitative estimate of drug-likeness (QED) is 0.622. The molecule has 0 aliphatic rings. The Hall–Kier alpha value is -2.71. The molecule has 138 valence electrons. The number of hydrogen-bond acceptors (Lipinski definition) is 4. The smallest absolute Gasteiger partial charge is 0.268 e. The van der Waals surface area contributed by atoms with Crippen LogP contribution in [0.5, 0.6) is 11.5 Å². The molecule has 5 nitrogen and oxygen atoms in total. The predicted octanol–water partition coefficient (Wildman–Crippen LogP) is 4.50. The molecule has 3 aromatic rings. The van der Waals surface area contributed by atoms with Crippen molar-refractivity contribution in [2.45, 2.75) is 4.90 Å². The number of carbonyl (C=O) groups is 1. The van der Waals surface area contributed by atoms with Crippen molar-refractivity contribution in [2.24, 2.45) is 0 Å². The fourth-order valence-electron chi connectivity index (χ4n) is 2.25. The number of nitrogens with one attached hydrogen (secondary N) is 1. The van der Waals surface area contributed by atoms with Gasteiger partial charge in [0.1, 0.15) is 17.3 Å². The summed E-state index contributed by atoms with van der Waals surface area (Å²) in [6, 6.07) is 17.7. The van der Waals surface area contributed by atoms with Gasteiger partial charge in [-0.25, -0.2) is 17.5 Å². The molecule has 0 aliphatic carbocycles. The third-order valence-corrected chi connectivity index (χ3v) is 5.31. The third-order valence-electron chi connectivity index (χ3n) is 3.49. The molecule has 0 fully saturated rings. The van der Waals surface area contributed by atoms with Crippen molar-refractivity contribution in [3.63, 3.8) is 0 Å². The second kappa shape index (κ2) is 7.89. The van der Waals surface area contributed by atoms with Gasteiger partial charge in [-0.1, -0.05) is 40.2 Å². The fourth-order valence-corrected chi connectivity index (χ4v) is 3.82. The molecule has 0 bridgehead atoms. The summed E-state index contributed by atoms with van der Waals surface area (Å²) in [5, 5.41) is 0. The summed E-state index contributed by atoms with van der Waals surface area (Å²) in [4.78, 5) is 12.4. The Labute approximate surface area is 164 Å². The van der Waals surface area contributed by atoms with Crippen LogP contribution < -0.4 is 9.46 Å². The SMILES string of the molecule is O=C(NS(=O)(=O)c1cccc(Br)c1)c1cc(F)ccc1Oc1ccccc1. The Morgan fingerprint density at radius 1 is 0.963 bits per heavy atom. The molecule has 0 atom stereocenters. The first-order valence-corrected chi connectivity index (χ1v) is 9.98. The maximum absolute atomic E-state index is 13.7. The molecule has 3 rings (SSSR count). The zero-order chi connectivity index (χ0) is 19.4. The molecule has 8 heteroatoms. The van der Waals surface area contributed by atoms with Crippen molar-refractivity contribution in [2.75, 3.05) is 0 Å². The van der Waals surface area contributed by atoms with E-state index < -0.39 is 21.7 Å². The number of benzene rings is 3. The molecule has 1 N–H and O–H groups in total. The number of amides is 1. The van der Waals surface area contributed by atoms with Gasteiger partial charge < -0.3 is 4.74 Å². The Kier molecular flexibility index (Phi) is 5.57. The number of sulfonamides is 1. The van der Waals surface area contributed by atoms with E-state index >= 15 is 0 Å². The van der Waals surface area contributed by atoms with Crippen molar-refractivity contribution < 1.29 is 22.3 Å². The van der Waals surface area contributed by atoms with E-state index in [4.69, 9.17) is 4.74 Å². The predicted molar refractivity (Wildman–Crippen MR) is 102 cm³/mol. The van der Waals surface area contributed by atoms with Crippen LogP contribution in [0.1, 0.15) is 10.4 Å². The highest BCUT2D eigenvalue weighted by Crippen LogP contribution is 2.26. The second-order valence-corrected chi connectivity index (χ2v) is 8.05. The number of ether oxygens (including phenoxy) is 1. The highest BCUT2D eigenvalue weighted by atomic mass is 79.9. The van der Waals surface area contributed by atoms with E-state index in [0.717, 1.165) is 12.1 Å². The Morgan fingerprint density at radius 3 is 2.41 bits per heavy atom. The maximum Gasteiger partial charge on any atom is 0.268 e. The van der Waals surface area contributed by atoms with Gasteiger partial charge in [-0.15, -0.1) is 0 Å². The second-order valence-electron chi connectivity index (χ2n) is 5.45. The molecule has 0 saturated carbocycles. The first-order valence-electron chi connectivity index (χ1n) is 7.70. The summed E-state index contributed by atoms with van der Waals surface area (Å²) in [5.41, 5.74) is -0.238. The molecular formula is C19H13BrFNO4S. The number of carbonyl (C=O) groups excluding carboxylic acids is 1. The van der Waals surface area contributed by atoms with Gasteiger partial charge in [-0.05, 0) is 48.5 Å². The number of para-hydroxylation sites is 1. The standard InChI is InChI=1S/C19H13BrFNO4S/c20-13-5-4-8-16(11-13)27(24,25)22-19(23)17-12-14(21)9-10-18(17)26-15-6-2-1-3-7-15/h1-12H,(H,22,23). The van der Waals surface area contributed by atoms with Crippen LogP contribution in [0.25, 0.3) is 0 Å². The Bertz CT molecular complexity index is 1090. The van der Waals surface area contributed by atoms with Gasteiger partial charge in [0.2, 0.25) is 0 Å². The highest BCUT2D eigenvalue weighted by molar-refractivity contribution is 9.10. The van der Waals surface area contributed by atoms with Crippen molar-refractivity contribution >= 4 is 31.9 Å².